The van der Waals surface area contributed by atoms with E-state index in [0.717, 1.165) is 71.1 Å². The first-order valence-electron chi connectivity index (χ1n) is 19.8. The van der Waals surface area contributed by atoms with Gasteiger partial charge in [0.15, 0.2) is 0 Å². The highest BCUT2D eigenvalue weighted by Gasteiger charge is 2.22. The van der Waals surface area contributed by atoms with Gasteiger partial charge in [-0.15, -0.1) is 0 Å². The zero-order chi connectivity index (χ0) is 38.4. The highest BCUT2D eigenvalue weighted by molar-refractivity contribution is 6.20. The molecule has 2 heterocycles. The van der Waals surface area contributed by atoms with Crippen LogP contribution >= 0.6 is 0 Å². The van der Waals surface area contributed by atoms with Gasteiger partial charge in [0.25, 0.3) is 0 Å². The fourth-order valence-electron chi connectivity index (χ4n) is 8.06. The molecule has 3 nitrogen and oxygen atoms in total. The first-order chi connectivity index (χ1) is 28.0. The predicted molar refractivity (Wildman–Crippen MR) is 223 cm³/mol. The fraction of sp³-hybridized carbons (Fsp3) is 0. The van der Waals surface area contributed by atoms with Crippen LogP contribution < -0.4 is 4.90 Å². The summed E-state index contributed by atoms with van der Waals surface area (Å²) in [5.74, 6) is 0. The third kappa shape index (κ3) is 4.61. The Morgan fingerprint density at radius 3 is 1.83 bits per heavy atom. The smallest absolute Gasteiger partial charge is 0.143 e. The summed E-state index contributed by atoms with van der Waals surface area (Å²) in [4.78, 5) is 1.90. The van der Waals surface area contributed by atoms with Crippen LogP contribution in [0.1, 0.15) is 5.48 Å². The average Bonchev–Trinajstić information content (AvgIpc) is 3.81. The van der Waals surface area contributed by atoms with E-state index in [0.29, 0.717) is 16.8 Å². The maximum absolute atomic E-state index is 9.75. The van der Waals surface area contributed by atoms with Gasteiger partial charge in [0.2, 0.25) is 0 Å². The molecule has 11 rings (SSSR count). The largest absolute Gasteiger partial charge is 0.455 e. The first-order valence-corrected chi connectivity index (χ1v) is 17.8. The molecule has 2 aromatic heterocycles. The second kappa shape index (κ2) is 11.7. The van der Waals surface area contributed by atoms with Crippen molar-refractivity contribution in [2.75, 3.05) is 4.90 Å². The van der Waals surface area contributed by atoms with E-state index in [1.165, 1.54) is 0 Å². The minimum Gasteiger partial charge on any atom is -0.455 e. The number of anilines is 3. The Kier molecular flexibility index (Phi) is 5.71. The maximum atomic E-state index is 9.75. The monoisotopic (exact) mass is 680 g/mol. The van der Waals surface area contributed by atoms with Crippen LogP contribution in [0.3, 0.4) is 0 Å². The number of rotatable bonds is 5. The number of para-hydroxylation sites is 2. The molecule has 0 spiro atoms. The molecule has 3 heteroatoms. The number of hydrogen-bond acceptors (Lipinski definition) is 2. The molecule has 53 heavy (non-hydrogen) atoms. The van der Waals surface area contributed by atoms with Gasteiger partial charge in [-0.1, -0.05) is 133 Å². The zero-order valence-electron chi connectivity index (χ0n) is 32.5. The molecule has 0 saturated carbocycles. The normalized spacial score (nSPS) is 12.8. The van der Waals surface area contributed by atoms with Gasteiger partial charge in [-0.05, 0) is 82.5 Å². The van der Waals surface area contributed by atoms with Gasteiger partial charge in [0, 0.05) is 38.3 Å². The second-order valence-corrected chi connectivity index (χ2v) is 13.4. The van der Waals surface area contributed by atoms with Crippen LogP contribution in [-0.4, -0.2) is 4.57 Å². The van der Waals surface area contributed by atoms with E-state index in [1.807, 2.05) is 126 Å². The Labute approximate surface area is 311 Å². The molecule has 0 amide bonds. The lowest BCUT2D eigenvalue weighted by atomic mass is 10.0. The van der Waals surface area contributed by atoms with Crippen molar-refractivity contribution in [3.63, 3.8) is 0 Å². The molecule has 0 saturated heterocycles. The highest BCUT2D eigenvalue weighted by atomic mass is 16.3. The molecule has 0 aliphatic carbocycles. The van der Waals surface area contributed by atoms with Gasteiger partial charge in [0.1, 0.15) is 11.2 Å². The van der Waals surface area contributed by atoms with Crippen molar-refractivity contribution in [2.45, 2.75) is 0 Å². The van der Waals surface area contributed by atoms with Crippen molar-refractivity contribution in [3.05, 3.63) is 194 Å². The van der Waals surface area contributed by atoms with Gasteiger partial charge >= 0.3 is 0 Å². The van der Waals surface area contributed by atoms with E-state index < -0.39 is 0 Å². The van der Waals surface area contributed by atoms with Gasteiger partial charge in [-0.25, -0.2) is 0 Å². The molecule has 0 aliphatic rings. The second-order valence-electron chi connectivity index (χ2n) is 13.4. The van der Waals surface area contributed by atoms with Gasteiger partial charge in [-0.2, -0.15) is 0 Å². The van der Waals surface area contributed by atoms with Crippen molar-refractivity contribution in [3.8, 4) is 16.8 Å². The highest BCUT2D eigenvalue weighted by Crippen LogP contribution is 2.46. The maximum Gasteiger partial charge on any atom is 0.143 e. The first kappa shape index (κ1) is 25.8. The molecule has 11 aromatic rings. The summed E-state index contributed by atoms with van der Waals surface area (Å²) in [5.41, 5.74) is 6.82. The lowest BCUT2D eigenvalue weighted by Gasteiger charge is -2.27. The van der Waals surface area contributed by atoms with E-state index in [-0.39, 0.29) is 35.4 Å². The summed E-state index contributed by atoms with van der Waals surface area (Å²) in [6.07, 6.45) is 0. The third-order valence-electron chi connectivity index (χ3n) is 10.4. The molecule has 9 aromatic carbocycles. The number of furan rings is 1. The van der Waals surface area contributed by atoms with Crippen molar-refractivity contribution in [1.29, 1.82) is 0 Å². The standard InChI is InChI=1S/C50H32N2O/c1-3-17-39-34(12-1)14-10-23-44(39)51(47-24-11-25-48-49(47)43-31-28-35-13-2-4-18-40(35)50(43)53-48)37-29-26-33(27-30-37)36-15-9-16-38(32-36)52-45-21-7-5-19-41(45)42-20-6-8-22-46(42)52/h1-32H/i26D,27D,29D,30D. The Bertz CT molecular complexity index is 3350. The summed E-state index contributed by atoms with van der Waals surface area (Å²) < 4.78 is 47.5. The van der Waals surface area contributed by atoms with Gasteiger partial charge < -0.3 is 13.9 Å². The number of aromatic nitrogens is 1. The topological polar surface area (TPSA) is 21.3 Å². The molecule has 0 atom stereocenters. The van der Waals surface area contributed by atoms with Gasteiger partial charge in [0.05, 0.1) is 33.3 Å². The van der Waals surface area contributed by atoms with E-state index in [2.05, 4.69) is 53.1 Å². The molecule has 0 bridgehead atoms. The number of benzene rings is 9. The molecule has 0 N–H and O–H groups in total. The lowest BCUT2D eigenvalue weighted by molar-refractivity contribution is 0.672. The van der Waals surface area contributed by atoms with Crippen LogP contribution in [0.4, 0.5) is 17.1 Å². The van der Waals surface area contributed by atoms with Crippen molar-refractivity contribution in [2.24, 2.45) is 0 Å². The summed E-state index contributed by atoms with van der Waals surface area (Å²) in [5, 5.41) is 7.95. The average molecular weight is 681 g/mol. The Morgan fingerprint density at radius 1 is 0.453 bits per heavy atom. The predicted octanol–water partition coefficient (Wildman–Crippen LogP) is 14.1. The Morgan fingerprint density at radius 2 is 1.06 bits per heavy atom. The Hall–Kier alpha value is -7.10. The van der Waals surface area contributed by atoms with Crippen LogP contribution in [0, 0.1) is 0 Å². The van der Waals surface area contributed by atoms with E-state index >= 15 is 0 Å². The fourth-order valence-corrected chi connectivity index (χ4v) is 8.06. The molecule has 0 fully saturated rings. The number of fused-ring (bicyclic) bond motifs is 9. The minimum atomic E-state index is -0.142. The summed E-state index contributed by atoms with van der Waals surface area (Å²) >= 11 is 0. The Balaban J connectivity index is 1.16. The van der Waals surface area contributed by atoms with Crippen molar-refractivity contribution >= 4 is 82.4 Å². The van der Waals surface area contributed by atoms with Crippen LogP contribution in [0.15, 0.2) is 198 Å². The summed E-state index contributed by atoms with van der Waals surface area (Å²) in [6.45, 7) is 0. The molecular weight excluding hydrogens is 645 g/mol. The number of hydrogen-bond donors (Lipinski definition) is 0. The summed E-state index contributed by atoms with van der Waals surface area (Å²) in [6, 6.07) is 56.0. The van der Waals surface area contributed by atoms with E-state index in [1.54, 1.807) is 0 Å². The van der Waals surface area contributed by atoms with E-state index in [9.17, 15) is 5.48 Å². The summed E-state index contributed by atoms with van der Waals surface area (Å²) in [7, 11) is 0. The van der Waals surface area contributed by atoms with Crippen molar-refractivity contribution < 1.29 is 9.90 Å². The SMILES string of the molecule is [2H]c1c([2H])c(N(c2cccc3ccccc23)c2cccc3oc4c5ccccc5ccc4c23)c([2H])c([2H])c1-c1cccc(-n2c3ccccc3c3ccccc32)c1. The molecular formula is C50H32N2O. The molecule has 0 aliphatic heterocycles. The zero-order valence-corrected chi connectivity index (χ0v) is 28.5. The molecule has 0 radical (unpaired) electrons. The van der Waals surface area contributed by atoms with Crippen LogP contribution in [0.2, 0.25) is 0 Å². The van der Waals surface area contributed by atoms with Crippen LogP contribution in [0.5, 0.6) is 0 Å². The van der Waals surface area contributed by atoms with E-state index in [4.69, 9.17) is 4.42 Å². The molecule has 0 unspecified atom stereocenters. The lowest BCUT2D eigenvalue weighted by Crippen LogP contribution is -2.10. The molecule has 248 valence electrons. The number of nitrogens with zero attached hydrogens (tertiary/aromatic N) is 2. The van der Waals surface area contributed by atoms with Crippen LogP contribution in [0.25, 0.3) is 82.1 Å². The quantitative estimate of drug-likeness (QED) is 0.180. The van der Waals surface area contributed by atoms with Crippen LogP contribution in [-0.2, 0) is 0 Å². The third-order valence-corrected chi connectivity index (χ3v) is 10.4. The minimum absolute atomic E-state index is 0.120. The van der Waals surface area contributed by atoms with Crippen molar-refractivity contribution in [1.82, 2.24) is 4.57 Å². The van der Waals surface area contributed by atoms with Gasteiger partial charge in [-0.3, -0.25) is 0 Å².